The van der Waals surface area contributed by atoms with Crippen LogP contribution in [0.4, 0.5) is 10.8 Å². The highest BCUT2D eigenvalue weighted by atomic mass is 32.1. The number of hydrogen-bond donors (Lipinski definition) is 0. The van der Waals surface area contributed by atoms with E-state index in [0.29, 0.717) is 16.4 Å². The number of ether oxygens (including phenoxy) is 1. The molecule has 0 radical (unpaired) electrons. The topological polar surface area (TPSA) is 59.5 Å². The molecular formula is C19H16N2O3S. The molecule has 0 spiro atoms. The molecule has 0 aliphatic carbocycles. The van der Waals surface area contributed by atoms with Gasteiger partial charge in [-0.3, -0.25) is 14.5 Å². The molecule has 3 rings (SSSR count). The van der Waals surface area contributed by atoms with E-state index in [1.165, 1.54) is 18.3 Å². The first-order chi connectivity index (χ1) is 12.2. The molecule has 1 amide bonds. The first-order valence-electron chi connectivity index (χ1n) is 7.65. The van der Waals surface area contributed by atoms with Crippen LogP contribution in [-0.4, -0.2) is 17.2 Å². The van der Waals surface area contributed by atoms with Gasteiger partial charge < -0.3 is 4.74 Å². The Morgan fingerprint density at radius 3 is 2.52 bits per heavy atom. The average molecular weight is 352 g/mol. The Kier molecular flexibility index (Phi) is 5.20. The van der Waals surface area contributed by atoms with Gasteiger partial charge in [0.1, 0.15) is 18.6 Å². The van der Waals surface area contributed by atoms with Crippen LogP contribution in [0.2, 0.25) is 0 Å². The average Bonchev–Trinajstić information content (AvgIpc) is 3.09. The molecular weight excluding hydrogens is 336 g/mol. The third kappa shape index (κ3) is 4.10. The normalized spacial score (nSPS) is 10.3. The second-order valence-electron chi connectivity index (χ2n) is 5.29. The lowest BCUT2D eigenvalue weighted by Gasteiger charge is -2.17. The summed E-state index contributed by atoms with van der Waals surface area (Å²) in [4.78, 5) is 28.8. The van der Waals surface area contributed by atoms with Crippen molar-refractivity contribution in [3.63, 3.8) is 0 Å². The molecule has 25 heavy (non-hydrogen) atoms. The van der Waals surface area contributed by atoms with E-state index in [0.717, 1.165) is 17.7 Å². The predicted octanol–water partition coefficient (Wildman–Crippen LogP) is 4.22. The van der Waals surface area contributed by atoms with Gasteiger partial charge >= 0.3 is 0 Å². The first-order valence-corrected chi connectivity index (χ1v) is 8.53. The minimum absolute atomic E-state index is 0.0996. The zero-order chi connectivity index (χ0) is 17.6. The summed E-state index contributed by atoms with van der Waals surface area (Å²) in [6, 6.07) is 16.3. The fourth-order valence-corrected chi connectivity index (χ4v) is 3.14. The van der Waals surface area contributed by atoms with Crippen LogP contribution < -0.4 is 9.64 Å². The maximum atomic E-state index is 12.0. The van der Waals surface area contributed by atoms with Gasteiger partial charge in [-0.1, -0.05) is 18.2 Å². The summed E-state index contributed by atoms with van der Waals surface area (Å²) in [6.07, 6.45) is 0.788. The molecule has 0 fully saturated rings. The van der Waals surface area contributed by atoms with Gasteiger partial charge in [-0.15, -0.1) is 11.3 Å². The molecule has 1 heterocycles. The Balaban J connectivity index is 1.72. The van der Waals surface area contributed by atoms with Gasteiger partial charge in [-0.2, -0.15) is 0 Å². The SMILES string of the molecule is CC(=O)N(c1ccccc1)c1nc(COc2ccc(C=O)cc2)cs1. The second kappa shape index (κ2) is 7.72. The molecule has 0 unspecified atom stereocenters. The van der Waals surface area contributed by atoms with Crippen LogP contribution in [0.1, 0.15) is 23.0 Å². The van der Waals surface area contributed by atoms with Crippen LogP contribution in [0.25, 0.3) is 0 Å². The molecule has 0 saturated carbocycles. The van der Waals surface area contributed by atoms with Crippen LogP contribution >= 0.6 is 11.3 Å². The maximum Gasteiger partial charge on any atom is 0.230 e. The third-order valence-corrected chi connectivity index (χ3v) is 4.34. The van der Waals surface area contributed by atoms with Crippen molar-refractivity contribution in [1.29, 1.82) is 0 Å². The molecule has 5 nitrogen and oxygen atoms in total. The van der Waals surface area contributed by atoms with Gasteiger partial charge in [0.15, 0.2) is 5.13 Å². The van der Waals surface area contributed by atoms with E-state index in [1.54, 1.807) is 29.2 Å². The number of para-hydroxylation sites is 1. The Morgan fingerprint density at radius 1 is 1.16 bits per heavy atom. The summed E-state index contributed by atoms with van der Waals surface area (Å²) in [7, 11) is 0. The van der Waals surface area contributed by atoms with Crippen molar-refractivity contribution in [2.45, 2.75) is 13.5 Å². The van der Waals surface area contributed by atoms with E-state index in [4.69, 9.17) is 4.74 Å². The van der Waals surface area contributed by atoms with Gasteiger partial charge in [0, 0.05) is 17.9 Å². The molecule has 0 aliphatic rings. The standard InChI is InChI=1S/C19H16N2O3S/c1-14(23)21(17-5-3-2-4-6-17)19-20-16(13-25-19)12-24-18-9-7-15(11-22)8-10-18/h2-11,13H,12H2,1H3. The van der Waals surface area contributed by atoms with Crippen LogP contribution in [0.3, 0.4) is 0 Å². The number of aromatic nitrogens is 1. The van der Waals surface area contributed by atoms with Crippen LogP contribution in [0.15, 0.2) is 60.0 Å². The number of amides is 1. The second-order valence-corrected chi connectivity index (χ2v) is 6.12. The highest BCUT2D eigenvalue weighted by Crippen LogP contribution is 2.29. The van der Waals surface area contributed by atoms with Crippen molar-refractivity contribution in [3.8, 4) is 5.75 Å². The van der Waals surface area contributed by atoms with Gasteiger partial charge in [0.05, 0.1) is 11.4 Å². The predicted molar refractivity (Wildman–Crippen MR) is 97.5 cm³/mol. The number of aldehydes is 1. The largest absolute Gasteiger partial charge is 0.487 e. The first kappa shape index (κ1) is 16.9. The number of rotatable bonds is 6. The molecule has 126 valence electrons. The van der Waals surface area contributed by atoms with E-state index in [9.17, 15) is 9.59 Å². The van der Waals surface area contributed by atoms with Crippen molar-refractivity contribution < 1.29 is 14.3 Å². The highest BCUT2D eigenvalue weighted by molar-refractivity contribution is 7.14. The fourth-order valence-electron chi connectivity index (χ4n) is 2.27. The molecule has 0 aliphatic heterocycles. The van der Waals surface area contributed by atoms with E-state index in [1.807, 2.05) is 35.7 Å². The summed E-state index contributed by atoms with van der Waals surface area (Å²) in [6.45, 7) is 1.80. The van der Waals surface area contributed by atoms with Gasteiger partial charge in [-0.05, 0) is 36.4 Å². The van der Waals surface area contributed by atoms with Crippen LogP contribution in [-0.2, 0) is 11.4 Å². The van der Waals surface area contributed by atoms with Crippen molar-refractivity contribution in [1.82, 2.24) is 4.98 Å². The Hall–Kier alpha value is -2.99. The monoisotopic (exact) mass is 352 g/mol. The van der Waals surface area contributed by atoms with Crippen molar-refractivity contribution in [3.05, 3.63) is 71.2 Å². The van der Waals surface area contributed by atoms with E-state index < -0.39 is 0 Å². The summed E-state index contributed by atoms with van der Waals surface area (Å²) in [5.41, 5.74) is 2.12. The number of nitrogens with zero attached hydrogens (tertiary/aromatic N) is 2. The van der Waals surface area contributed by atoms with Crippen LogP contribution in [0.5, 0.6) is 5.75 Å². The number of benzene rings is 2. The smallest absolute Gasteiger partial charge is 0.230 e. The van der Waals surface area contributed by atoms with Gasteiger partial charge in [-0.25, -0.2) is 4.98 Å². The lowest BCUT2D eigenvalue weighted by atomic mass is 10.2. The third-order valence-electron chi connectivity index (χ3n) is 3.46. The maximum absolute atomic E-state index is 12.0. The fraction of sp³-hybridized carbons (Fsp3) is 0.105. The summed E-state index contributed by atoms with van der Waals surface area (Å²) in [5.74, 6) is 0.559. The minimum atomic E-state index is -0.0996. The number of carbonyl (C=O) groups is 2. The van der Waals surface area contributed by atoms with Gasteiger partial charge in [0.2, 0.25) is 5.91 Å². The molecule has 0 atom stereocenters. The quantitative estimate of drug-likeness (QED) is 0.623. The number of anilines is 2. The van der Waals surface area contributed by atoms with Crippen molar-refractivity contribution >= 4 is 34.3 Å². The molecule has 0 bridgehead atoms. The Morgan fingerprint density at radius 2 is 1.88 bits per heavy atom. The lowest BCUT2D eigenvalue weighted by molar-refractivity contribution is -0.115. The molecule has 0 N–H and O–H groups in total. The number of thiazole rings is 1. The summed E-state index contributed by atoms with van der Waals surface area (Å²) >= 11 is 1.39. The minimum Gasteiger partial charge on any atom is -0.487 e. The van der Waals surface area contributed by atoms with E-state index in [-0.39, 0.29) is 12.5 Å². The Labute approximate surface area is 149 Å². The van der Waals surface area contributed by atoms with Gasteiger partial charge in [0.25, 0.3) is 0 Å². The molecule has 1 aromatic heterocycles. The zero-order valence-electron chi connectivity index (χ0n) is 13.6. The molecule has 6 heteroatoms. The molecule has 2 aromatic carbocycles. The zero-order valence-corrected chi connectivity index (χ0v) is 14.4. The van der Waals surface area contributed by atoms with Crippen molar-refractivity contribution in [2.75, 3.05) is 4.90 Å². The van der Waals surface area contributed by atoms with E-state index >= 15 is 0 Å². The van der Waals surface area contributed by atoms with E-state index in [2.05, 4.69) is 4.98 Å². The lowest BCUT2D eigenvalue weighted by Crippen LogP contribution is -2.22. The summed E-state index contributed by atoms with van der Waals surface area (Å²) < 4.78 is 5.68. The number of hydrogen-bond acceptors (Lipinski definition) is 5. The highest BCUT2D eigenvalue weighted by Gasteiger charge is 2.17. The number of carbonyl (C=O) groups excluding carboxylic acids is 2. The van der Waals surface area contributed by atoms with Crippen LogP contribution in [0, 0.1) is 0 Å². The Bertz CT molecular complexity index is 860. The van der Waals surface area contributed by atoms with Crippen molar-refractivity contribution in [2.24, 2.45) is 0 Å². The molecule has 3 aromatic rings. The molecule has 0 saturated heterocycles. The summed E-state index contributed by atoms with van der Waals surface area (Å²) in [5, 5.41) is 2.47.